The fourth-order valence-corrected chi connectivity index (χ4v) is 7.21. The van der Waals surface area contributed by atoms with Gasteiger partial charge in [-0.25, -0.2) is 0 Å². The summed E-state index contributed by atoms with van der Waals surface area (Å²) in [6.45, 7) is 13.9. The Balaban J connectivity index is 2.10. The molecule has 0 spiro atoms. The topological polar surface area (TPSA) is 52.4 Å². The summed E-state index contributed by atoms with van der Waals surface area (Å²) in [5.41, 5.74) is 0.276. The van der Waals surface area contributed by atoms with E-state index in [0.717, 1.165) is 16.2 Å². The molecule has 0 saturated heterocycles. The van der Waals surface area contributed by atoms with Gasteiger partial charge in [0.25, 0.3) is 0 Å². The van der Waals surface area contributed by atoms with Crippen LogP contribution in [-0.2, 0) is 4.43 Å². The predicted molar refractivity (Wildman–Crippen MR) is 112 cm³/mol. The summed E-state index contributed by atoms with van der Waals surface area (Å²) >= 11 is 0.115. The Morgan fingerprint density at radius 2 is 1.92 bits per heavy atom. The molecule has 1 aromatic rings. The molecule has 1 aromatic carbocycles. The van der Waals surface area contributed by atoms with Crippen LogP contribution in [-0.4, -0.2) is 34.3 Å². The summed E-state index contributed by atoms with van der Waals surface area (Å²) in [4.78, 5) is 11.0. The number of nitro groups is 1. The van der Waals surface area contributed by atoms with Crippen LogP contribution in [0.5, 0.6) is 0 Å². The van der Waals surface area contributed by atoms with E-state index in [-0.39, 0.29) is 30.6 Å². The molecule has 1 aliphatic rings. The normalized spacial score (nSPS) is 24.5. The van der Waals surface area contributed by atoms with Gasteiger partial charge in [0.1, 0.15) is 0 Å². The number of para-hydroxylation sites is 1. The van der Waals surface area contributed by atoms with Gasteiger partial charge in [-0.3, -0.25) is 0 Å². The Bertz CT molecular complexity index is 630. The van der Waals surface area contributed by atoms with Crippen molar-refractivity contribution in [2.24, 2.45) is 11.8 Å². The quantitative estimate of drug-likeness (QED) is 0.347. The molecule has 1 aliphatic carbocycles. The molecule has 0 amide bonds. The molecule has 0 unspecified atom stereocenters. The number of nitro benzene ring substituents is 1. The van der Waals surface area contributed by atoms with Gasteiger partial charge >= 0.3 is 166 Å². The van der Waals surface area contributed by atoms with Crippen molar-refractivity contribution >= 4 is 33.4 Å². The van der Waals surface area contributed by atoms with E-state index < -0.39 is 8.32 Å². The first-order valence-corrected chi connectivity index (χ1v) is 14.5. The second-order valence-corrected chi connectivity index (χ2v) is 16.1. The van der Waals surface area contributed by atoms with Crippen LogP contribution < -0.4 is 4.46 Å². The summed E-state index contributed by atoms with van der Waals surface area (Å²) in [6.07, 6.45) is 3.87. The van der Waals surface area contributed by atoms with Crippen molar-refractivity contribution in [3.05, 3.63) is 34.4 Å². The molecular weight excluding hydrogens is 409 g/mol. The summed E-state index contributed by atoms with van der Waals surface area (Å²) < 4.78 is 7.72. The van der Waals surface area contributed by atoms with Crippen LogP contribution in [0.15, 0.2) is 24.3 Å². The fraction of sp³-hybridized carbons (Fsp3) is 0.700. The van der Waals surface area contributed by atoms with Crippen molar-refractivity contribution in [1.29, 1.82) is 0 Å². The fourth-order valence-electron chi connectivity index (χ4n) is 3.21. The van der Waals surface area contributed by atoms with Gasteiger partial charge in [-0.2, -0.15) is 0 Å². The van der Waals surface area contributed by atoms with Gasteiger partial charge in [0.2, 0.25) is 0 Å². The van der Waals surface area contributed by atoms with Crippen molar-refractivity contribution in [3.8, 4) is 0 Å². The van der Waals surface area contributed by atoms with Crippen LogP contribution in [0.25, 0.3) is 0 Å². The Hall–Kier alpha value is -0.684. The van der Waals surface area contributed by atoms with Crippen molar-refractivity contribution in [2.45, 2.75) is 76.5 Å². The molecule has 1 fully saturated rings. The summed E-state index contributed by atoms with van der Waals surface area (Å²) in [5.74, 6) is 1.24. The van der Waals surface area contributed by atoms with E-state index in [9.17, 15) is 10.1 Å². The number of rotatable bonds is 6. The third-order valence-electron chi connectivity index (χ3n) is 5.96. The average Bonchev–Trinajstić information content (AvgIpc) is 2.53. The van der Waals surface area contributed by atoms with Gasteiger partial charge in [-0.05, 0) is 0 Å². The van der Waals surface area contributed by atoms with Crippen LogP contribution in [0.1, 0.15) is 47.0 Å². The summed E-state index contributed by atoms with van der Waals surface area (Å²) in [5, 5.41) is 12.5. The van der Waals surface area contributed by atoms with Crippen LogP contribution in [0, 0.1) is 22.0 Å². The van der Waals surface area contributed by atoms with Crippen LogP contribution >= 0.6 is 0 Å². The minimum atomic E-state index is -1.80. The molecule has 0 aliphatic heterocycles. The van der Waals surface area contributed by atoms with Crippen LogP contribution in [0.3, 0.4) is 0 Å². The molecule has 1 saturated carbocycles. The molecular formula is C20H33NO3SeSi. The van der Waals surface area contributed by atoms with Crippen LogP contribution in [0.2, 0.25) is 23.5 Å². The van der Waals surface area contributed by atoms with E-state index in [2.05, 4.69) is 40.8 Å². The number of benzene rings is 1. The SMILES string of the molecule is C[C@@H]1CC[C@H](C[Se]c2ccccc2[N+](=O)[O-])[C@@H](O[Si](C)(C)C(C)(C)C)C1. The Morgan fingerprint density at radius 1 is 1.27 bits per heavy atom. The molecule has 0 aromatic heterocycles. The molecule has 0 bridgehead atoms. The predicted octanol–water partition coefficient (Wildman–Crippen LogP) is 5.17. The van der Waals surface area contributed by atoms with Crippen molar-refractivity contribution in [1.82, 2.24) is 0 Å². The molecule has 0 N–H and O–H groups in total. The molecule has 4 nitrogen and oxygen atoms in total. The molecule has 6 heteroatoms. The third-order valence-corrected chi connectivity index (χ3v) is 13.1. The van der Waals surface area contributed by atoms with Gasteiger partial charge in [0.05, 0.1) is 0 Å². The molecule has 2 rings (SSSR count). The van der Waals surface area contributed by atoms with E-state index in [1.54, 1.807) is 12.1 Å². The van der Waals surface area contributed by atoms with E-state index in [0.29, 0.717) is 17.9 Å². The first kappa shape index (κ1) is 21.6. The number of hydrogen-bond acceptors (Lipinski definition) is 3. The van der Waals surface area contributed by atoms with E-state index >= 15 is 0 Å². The van der Waals surface area contributed by atoms with Crippen molar-refractivity contribution in [2.75, 3.05) is 0 Å². The standard InChI is InChI=1S/C20H33NO3SeSi/c1-15-11-12-16(18(13-15)24-26(5,6)20(2,3)4)14-25-19-10-8-7-9-17(19)21(22)23/h7-10,15-16,18H,11-14H2,1-6H3/t15-,16-,18+/m1/s1. The molecule has 3 atom stereocenters. The van der Waals surface area contributed by atoms with Gasteiger partial charge in [0.15, 0.2) is 0 Å². The first-order valence-electron chi connectivity index (χ1n) is 9.55. The summed E-state index contributed by atoms with van der Waals surface area (Å²) in [7, 11) is -1.80. The van der Waals surface area contributed by atoms with Crippen LogP contribution in [0.4, 0.5) is 5.69 Å². The van der Waals surface area contributed by atoms with Gasteiger partial charge in [0, 0.05) is 0 Å². The number of nitrogens with zero attached hydrogens (tertiary/aromatic N) is 1. The molecule has 26 heavy (non-hydrogen) atoms. The Kier molecular flexibility index (Phi) is 7.11. The maximum absolute atomic E-state index is 11.3. The third kappa shape index (κ3) is 5.41. The Morgan fingerprint density at radius 3 is 2.54 bits per heavy atom. The number of hydrogen-bond donors (Lipinski definition) is 0. The Labute approximate surface area is 165 Å². The maximum atomic E-state index is 11.3. The summed E-state index contributed by atoms with van der Waals surface area (Å²) in [6, 6.07) is 7.22. The van der Waals surface area contributed by atoms with Crippen molar-refractivity contribution in [3.63, 3.8) is 0 Å². The van der Waals surface area contributed by atoms with E-state index in [1.165, 1.54) is 12.8 Å². The average molecular weight is 443 g/mol. The first-order chi connectivity index (χ1) is 12.0. The zero-order chi connectivity index (χ0) is 19.5. The van der Waals surface area contributed by atoms with Gasteiger partial charge in [-0.1, -0.05) is 0 Å². The molecule has 146 valence electrons. The zero-order valence-corrected chi connectivity index (χ0v) is 19.7. The van der Waals surface area contributed by atoms with E-state index in [1.807, 2.05) is 12.1 Å². The minimum absolute atomic E-state index is 0.115. The van der Waals surface area contributed by atoms with Crippen molar-refractivity contribution < 1.29 is 9.35 Å². The second kappa shape index (κ2) is 8.55. The molecule has 0 heterocycles. The van der Waals surface area contributed by atoms with Gasteiger partial charge < -0.3 is 0 Å². The molecule has 0 radical (unpaired) electrons. The zero-order valence-electron chi connectivity index (χ0n) is 17.0. The second-order valence-electron chi connectivity index (χ2n) is 9.13. The monoisotopic (exact) mass is 443 g/mol. The van der Waals surface area contributed by atoms with Gasteiger partial charge in [-0.15, -0.1) is 0 Å². The van der Waals surface area contributed by atoms with E-state index in [4.69, 9.17) is 4.43 Å².